The average Bonchev–Trinajstić information content (AvgIpc) is 2.79. The number of rotatable bonds is 5. The lowest BCUT2D eigenvalue weighted by Gasteiger charge is -2.04. The molecule has 1 N–H and O–H groups in total. The molecular formula is C11H13N5. The maximum absolute atomic E-state index is 3.97. The van der Waals surface area contributed by atoms with E-state index in [-0.39, 0.29) is 0 Å². The summed E-state index contributed by atoms with van der Waals surface area (Å²) in [6.45, 7) is 5.00. The van der Waals surface area contributed by atoms with Gasteiger partial charge < -0.3 is 5.32 Å². The molecule has 0 saturated carbocycles. The highest BCUT2D eigenvalue weighted by Gasteiger charge is 2.06. The lowest BCUT2D eigenvalue weighted by Crippen LogP contribution is -2.16. The molecule has 0 atom stereocenters. The summed E-state index contributed by atoms with van der Waals surface area (Å²) < 4.78 is 1.72. The molecule has 0 fully saturated rings. The number of nitrogens with zero attached hydrogens (tertiary/aromatic N) is 4. The van der Waals surface area contributed by atoms with Crippen LogP contribution in [0.25, 0.3) is 5.69 Å². The van der Waals surface area contributed by atoms with E-state index in [2.05, 4.69) is 27.4 Å². The third kappa shape index (κ3) is 2.32. The third-order valence-corrected chi connectivity index (χ3v) is 2.11. The largest absolute Gasteiger partial charge is 0.306 e. The molecule has 1 aromatic heterocycles. The van der Waals surface area contributed by atoms with Gasteiger partial charge in [-0.15, -0.1) is 11.7 Å². The molecule has 0 unspecified atom stereocenters. The van der Waals surface area contributed by atoms with Gasteiger partial charge in [-0.05, 0) is 22.6 Å². The van der Waals surface area contributed by atoms with Gasteiger partial charge in [0.2, 0.25) is 0 Å². The fourth-order valence-electron chi connectivity index (χ4n) is 1.37. The van der Waals surface area contributed by atoms with Gasteiger partial charge >= 0.3 is 0 Å². The number of benzene rings is 1. The minimum Gasteiger partial charge on any atom is -0.306 e. The van der Waals surface area contributed by atoms with E-state index in [0.717, 1.165) is 18.1 Å². The molecule has 0 aliphatic carbocycles. The average molecular weight is 215 g/mol. The Balaban J connectivity index is 2.16. The van der Waals surface area contributed by atoms with Crippen molar-refractivity contribution in [3.05, 3.63) is 48.8 Å². The van der Waals surface area contributed by atoms with Crippen molar-refractivity contribution in [1.82, 2.24) is 25.5 Å². The summed E-state index contributed by atoms with van der Waals surface area (Å²) in [4.78, 5) is 0. The van der Waals surface area contributed by atoms with E-state index in [4.69, 9.17) is 0 Å². The van der Waals surface area contributed by atoms with E-state index >= 15 is 0 Å². The van der Waals surface area contributed by atoms with Crippen LogP contribution in [-0.4, -0.2) is 26.8 Å². The maximum Gasteiger partial charge on any atom is 0.170 e. The number of hydrogen-bond acceptors (Lipinski definition) is 4. The van der Waals surface area contributed by atoms with Crippen molar-refractivity contribution in [2.45, 2.75) is 6.54 Å². The van der Waals surface area contributed by atoms with Crippen molar-refractivity contribution in [2.75, 3.05) is 6.54 Å². The standard InChI is InChI=1S/C11H13N5/c1-2-8-12-9-11-13-14-15-16(11)10-6-4-3-5-7-10/h2-7,12H,1,8-9H2. The molecule has 2 rings (SSSR count). The highest BCUT2D eigenvalue weighted by atomic mass is 15.5. The SMILES string of the molecule is C=CCNCc1nnnn1-c1ccccc1. The van der Waals surface area contributed by atoms with Crippen LogP contribution in [0.5, 0.6) is 0 Å². The Kier molecular flexibility index (Phi) is 3.40. The van der Waals surface area contributed by atoms with Crippen LogP contribution in [0.15, 0.2) is 43.0 Å². The molecule has 16 heavy (non-hydrogen) atoms. The molecule has 0 aliphatic rings. The van der Waals surface area contributed by atoms with Crippen molar-refractivity contribution in [1.29, 1.82) is 0 Å². The zero-order chi connectivity index (χ0) is 11.2. The molecule has 0 spiro atoms. The fraction of sp³-hybridized carbons (Fsp3) is 0.182. The van der Waals surface area contributed by atoms with Crippen LogP contribution in [0.1, 0.15) is 5.82 Å². The van der Waals surface area contributed by atoms with Crippen LogP contribution < -0.4 is 5.32 Å². The molecule has 0 aliphatic heterocycles. The quantitative estimate of drug-likeness (QED) is 0.595. The Labute approximate surface area is 93.8 Å². The summed E-state index contributed by atoms with van der Waals surface area (Å²) in [5.74, 6) is 0.785. The lowest BCUT2D eigenvalue weighted by atomic mass is 10.3. The molecule has 1 aromatic carbocycles. The first-order valence-corrected chi connectivity index (χ1v) is 5.06. The molecule has 0 bridgehead atoms. The second kappa shape index (κ2) is 5.18. The zero-order valence-electron chi connectivity index (χ0n) is 8.87. The molecular weight excluding hydrogens is 202 g/mol. The van der Waals surface area contributed by atoms with Crippen molar-refractivity contribution in [3.63, 3.8) is 0 Å². The minimum atomic E-state index is 0.619. The normalized spacial score (nSPS) is 10.2. The lowest BCUT2D eigenvalue weighted by molar-refractivity contribution is 0.682. The van der Waals surface area contributed by atoms with Crippen LogP contribution in [0.2, 0.25) is 0 Å². The molecule has 82 valence electrons. The second-order valence-corrected chi connectivity index (χ2v) is 3.26. The van der Waals surface area contributed by atoms with E-state index in [0.29, 0.717) is 6.54 Å². The number of para-hydroxylation sites is 1. The number of tetrazole rings is 1. The Bertz CT molecular complexity index is 448. The van der Waals surface area contributed by atoms with Gasteiger partial charge in [-0.3, -0.25) is 0 Å². The van der Waals surface area contributed by atoms with Crippen molar-refractivity contribution < 1.29 is 0 Å². The van der Waals surface area contributed by atoms with E-state index in [9.17, 15) is 0 Å². The van der Waals surface area contributed by atoms with Gasteiger partial charge in [0.1, 0.15) is 0 Å². The fourth-order valence-corrected chi connectivity index (χ4v) is 1.37. The predicted molar refractivity (Wildman–Crippen MR) is 61.1 cm³/mol. The molecule has 5 heteroatoms. The van der Waals surface area contributed by atoms with Crippen LogP contribution in [0.3, 0.4) is 0 Å². The summed E-state index contributed by atoms with van der Waals surface area (Å²) in [6.07, 6.45) is 1.80. The number of hydrogen-bond donors (Lipinski definition) is 1. The predicted octanol–water partition coefficient (Wildman–Crippen LogP) is 0.938. The maximum atomic E-state index is 3.97. The van der Waals surface area contributed by atoms with Crippen molar-refractivity contribution in [3.8, 4) is 5.69 Å². The summed E-state index contributed by atoms with van der Waals surface area (Å²) in [5.41, 5.74) is 0.961. The Hall–Kier alpha value is -2.01. The van der Waals surface area contributed by atoms with Gasteiger partial charge in [0.25, 0.3) is 0 Å². The molecule has 5 nitrogen and oxygen atoms in total. The minimum absolute atomic E-state index is 0.619. The molecule has 0 amide bonds. The smallest absolute Gasteiger partial charge is 0.170 e. The van der Waals surface area contributed by atoms with Gasteiger partial charge in [0.05, 0.1) is 12.2 Å². The Morgan fingerprint density at radius 3 is 2.88 bits per heavy atom. The first-order chi connectivity index (χ1) is 7.92. The van der Waals surface area contributed by atoms with Crippen molar-refractivity contribution in [2.24, 2.45) is 0 Å². The molecule has 0 saturated heterocycles. The monoisotopic (exact) mass is 215 g/mol. The first kappa shape index (κ1) is 10.5. The Morgan fingerprint density at radius 2 is 2.12 bits per heavy atom. The van der Waals surface area contributed by atoms with Crippen LogP contribution >= 0.6 is 0 Å². The van der Waals surface area contributed by atoms with E-state index in [1.165, 1.54) is 0 Å². The van der Waals surface area contributed by atoms with Gasteiger partial charge in [0, 0.05) is 6.54 Å². The number of nitrogens with one attached hydrogen (secondary N) is 1. The van der Waals surface area contributed by atoms with Gasteiger partial charge in [0.15, 0.2) is 5.82 Å². The summed E-state index contributed by atoms with van der Waals surface area (Å²) >= 11 is 0. The van der Waals surface area contributed by atoms with Crippen LogP contribution in [0.4, 0.5) is 0 Å². The van der Waals surface area contributed by atoms with Crippen molar-refractivity contribution >= 4 is 0 Å². The number of aromatic nitrogens is 4. The molecule has 0 radical (unpaired) electrons. The zero-order valence-corrected chi connectivity index (χ0v) is 8.87. The van der Waals surface area contributed by atoms with E-state index in [1.807, 2.05) is 30.3 Å². The summed E-state index contributed by atoms with van der Waals surface area (Å²) in [5, 5.41) is 14.8. The van der Waals surface area contributed by atoms with Gasteiger partial charge in [-0.1, -0.05) is 24.3 Å². The van der Waals surface area contributed by atoms with Crippen LogP contribution in [-0.2, 0) is 6.54 Å². The van der Waals surface area contributed by atoms with E-state index < -0.39 is 0 Å². The summed E-state index contributed by atoms with van der Waals surface area (Å²) in [7, 11) is 0. The topological polar surface area (TPSA) is 55.6 Å². The third-order valence-electron chi connectivity index (χ3n) is 2.11. The van der Waals surface area contributed by atoms with E-state index in [1.54, 1.807) is 10.8 Å². The highest BCUT2D eigenvalue weighted by molar-refractivity contribution is 5.30. The van der Waals surface area contributed by atoms with Gasteiger partial charge in [-0.25, -0.2) is 0 Å². The Morgan fingerprint density at radius 1 is 1.31 bits per heavy atom. The van der Waals surface area contributed by atoms with Gasteiger partial charge in [-0.2, -0.15) is 4.68 Å². The highest BCUT2D eigenvalue weighted by Crippen LogP contribution is 2.06. The van der Waals surface area contributed by atoms with Crippen LogP contribution in [0, 0.1) is 0 Å². The second-order valence-electron chi connectivity index (χ2n) is 3.26. The summed E-state index contributed by atoms with van der Waals surface area (Å²) in [6, 6.07) is 9.81. The molecule has 1 heterocycles. The molecule has 2 aromatic rings. The first-order valence-electron chi connectivity index (χ1n) is 5.06.